The zero-order valence-corrected chi connectivity index (χ0v) is 14.2. The maximum atomic E-state index is 12.7. The van der Waals surface area contributed by atoms with E-state index in [1.807, 2.05) is 0 Å². The third kappa shape index (κ3) is 3.82. The molecule has 0 radical (unpaired) electrons. The third-order valence-corrected chi connectivity index (χ3v) is 4.30. The van der Waals surface area contributed by atoms with E-state index >= 15 is 0 Å². The molecule has 1 fully saturated rings. The molecule has 0 aliphatic carbocycles. The van der Waals surface area contributed by atoms with Crippen molar-refractivity contribution in [2.75, 3.05) is 6.61 Å². The van der Waals surface area contributed by atoms with E-state index in [1.54, 1.807) is 24.3 Å². The molecule has 3 nitrogen and oxygen atoms in total. The Morgan fingerprint density at radius 2 is 1.96 bits per heavy atom. The first kappa shape index (κ1) is 18.2. The molecule has 1 aliphatic heterocycles. The van der Waals surface area contributed by atoms with Gasteiger partial charge in [-0.05, 0) is 18.2 Å². The summed E-state index contributed by atoms with van der Waals surface area (Å²) in [6.45, 7) is 3.98. The van der Waals surface area contributed by atoms with Gasteiger partial charge in [-0.15, -0.1) is 6.58 Å². The second-order valence-electron chi connectivity index (χ2n) is 5.36. The monoisotopic (exact) mass is 389 g/mol. The molecule has 3 rings (SSSR count). The molecule has 2 heterocycles. The SMILES string of the molecule is C=CC1COC(c2cc(-c3ncc(C(F)(F)F)cc3Cl)ccc2Cl)O1. The highest BCUT2D eigenvalue weighted by atomic mass is 35.5. The van der Waals surface area contributed by atoms with Gasteiger partial charge in [0.1, 0.15) is 6.10 Å². The predicted octanol–water partition coefficient (Wildman–Crippen LogP) is 5.67. The van der Waals surface area contributed by atoms with Crippen molar-refractivity contribution in [1.29, 1.82) is 0 Å². The van der Waals surface area contributed by atoms with Crippen LogP contribution in [0.3, 0.4) is 0 Å². The van der Waals surface area contributed by atoms with E-state index in [-0.39, 0.29) is 16.8 Å². The molecule has 1 saturated heterocycles. The largest absolute Gasteiger partial charge is 0.417 e. The lowest BCUT2D eigenvalue weighted by molar-refractivity contribution is -0.137. The third-order valence-electron chi connectivity index (χ3n) is 3.67. The topological polar surface area (TPSA) is 31.4 Å². The van der Waals surface area contributed by atoms with Gasteiger partial charge in [-0.1, -0.05) is 35.3 Å². The molecule has 0 amide bonds. The lowest BCUT2D eigenvalue weighted by Crippen LogP contribution is -2.06. The minimum atomic E-state index is -4.51. The maximum absolute atomic E-state index is 12.7. The Labute approximate surface area is 152 Å². The normalized spacial score (nSPS) is 20.7. The summed E-state index contributed by atoms with van der Waals surface area (Å²) in [5.41, 5.74) is 0.353. The molecular formula is C17H12Cl2F3NO2. The summed E-state index contributed by atoms with van der Waals surface area (Å²) in [6, 6.07) is 5.69. The van der Waals surface area contributed by atoms with Crippen molar-refractivity contribution in [3.63, 3.8) is 0 Å². The van der Waals surface area contributed by atoms with Crippen LogP contribution in [0.1, 0.15) is 17.4 Å². The van der Waals surface area contributed by atoms with Crippen molar-refractivity contribution in [1.82, 2.24) is 4.98 Å². The van der Waals surface area contributed by atoms with Gasteiger partial charge in [0.05, 0.1) is 22.9 Å². The number of benzene rings is 1. The summed E-state index contributed by atoms with van der Waals surface area (Å²) in [6.07, 6.45) is -3.09. The van der Waals surface area contributed by atoms with E-state index in [9.17, 15) is 13.2 Å². The van der Waals surface area contributed by atoms with Crippen molar-refractivity contribution in [2.24, 2.45) is 0 Å². The minimum Gasteiger partial charge on any atom is -0.345 e. The van der Waals surface area contributed by atoms with Crippen LogP contribution < -0.4 is 0 Å². The van der Waals surface area contributed by atoms with Crippen molar-refractivity contribution in [3.8, 4) is 11.3 Å². The van der Waals surface area contributed by atoms with Gasteiger partial charge in [-0.25, -0.2) is 0 Å². The number of aromatic nitrogens is 1. The molecule has 2 unspecified atom stereocenters. The number of rotatable bonds is 3. The molecule has 8 heteroatoms. The summed E-state index contributed by atoms with van der Waals surface area (Å²) < 4.78 is 49.4. The van der Waals surface area contributed by atoms with Gasteiger partial charge in [-0.3, -0.25) is 4.98 Å². The first-order valence-corrected chi connectivity index (χ1v) is 7.97. The summed E-state index contributed by atoms with van der Waals surface area (Å²) in [7, 11) is 0. The fraction of sp³-hybridized carbons (Fsp3) is 0.235. The van der Waals surface area contributed by atoms with Gasteiger partial charge in [0.2, 0.25) is 0 Å². The quantitative estimate of drug-likeness (QED) is 0.633. The lowest BCUT2D eigenvalue weighted by atomic mass is 10.1. The van der Waals surface area contributed by atoms with Crippen LogP contribution in [-0.2, 0) is 15.7 Å². The molecule has 0 N–H and O–H groups in total. The predicted molar refractivity (Wildman–Crippen MR) is 88.5 cm³/mol. The van der Waals surface area contributed by atoms with E-state index in [0.717, 1.165) is 12.3 Å². The van der Waals surface area contributed by atoms with Crippen molar-refractivity contribution < 1.29 is 22.6 Å². The van der Waals surface area contributed by atoms with E-state index in [1.165, 1.54) is 0 Å². The van der Waals surface area contributed by atoms with E-state index in [0.29, 0.717) is 22.8 Å². The van der Waals surface area contributed by atoms with Crippen LogP contribution in [-0.4, -0.2) is 17.7 Å². The Bertz CT molecular complexity index is 811. The Hall–Kier alpha value is -1.60. The van der Waals surface area contributed by atoms with Crippen LogP contribution in [0.15, 0.2) is 43.1 Å². The highest BCUT2D eigenvalue weighted by molar-refractivity contribution is 6.33. The van der Waals surface area contributed by atoms with Crippen molar-refractivity contribution in [2.45, 2.75) is 18.6 Å². The second-order valence-corrected chi connectivity index (χ2v) is 6.18. The van der Waals surface area contributed by atoms with Crippen LogP contribution in [0.4, 0.5) is 13.2 Å². The van der Waals surface area contributed by atoms with Crippen molar-refractivity contribution in [3.05, 3.63) is 64.3 Å². The van der Waals surface area contributed by atoms with E-state index < -0.39 is 18.0 Å². The Kier molecular flexibility index (Phi) is 5.06. The van der Waals surface area contributed by atoms with Gasteiger partial charge in [0.25, 0.3) is 0 Å². The molecular weight excluding hydrogens is 378 g/mol. The van der Waals surface area contributed by atoms with Crippen LogP contribution in [0.25, 0.3) is 11.3 Å². The highest BCUT2D eigenvalue weighted by Gasteiger charge is 2.32. The van der Waals surface area contributed by atoms with Gasteiger partial charge >= 0.3 is 6.18 Å². The zero-order chi connectivity index (χ0) is 18.2. The number of halogens is 5. The molecule has 1 aliphatic rings. The molecule has 1 aromatic carbocycles. The van der Waals surface area contributed by atoms with Gasteiger partial charge in [0.15, 0.2) is 6.29 Å². The summed E-state index contributed by atoms with van der Waals surface area (Å²) in [4.78, 5) is 3.85. The van der Waals surface area contributed by atoms with E-state index in [2.05, 4.69) is 11.6 Å². The average molecular weight is 390 g/mol. The van der Waals surface area contributed by atoms with Gasteiger partial charge < -0.3 is 9.47 Å². The Morgan fingerprint density at radius 3 is 2.56 bits per heavy atom. The average Bonchev–Trinajstić information content (AvgIpc) is 3.03. The van der Waals surface area contributed by atoms with Crippen LogP contribution in [0, 0.1) is 0 Å². The molecule has 0 spiro atoms. The number of nitrogens with zero attached hydrogens (tertiary/aromatic N) is 1. The number of hydrogen-bond acceptors (Lipinski definition) is 3. The molecule has 0 bridgehead atoms. The maximum Gasteiger partial charge on any atom is 0.417 e. The first-order chi connectivity index (χ1) is 11.8. The minimum absolute atomic E-state index is 0.111. The number of hydrogen-bond donors (Lipinski definition) is 0. The smallest absolute Gasteiger partial charge is 0.345 e. The molecule has 2 aromatic rings. The zero-order valence-electron chi connectivity index (χ0n) is 12.7. The molecule has 0 saturated carbocycles. The highest BCUT2D eigenvalue weighted by Crippen LogP contribution is 2.38. The Morgan fingerprint density at radius 1 is 1.20 bits per heavy atom. The second kappa shape index (κ2) is 6.96. The standard InChI is InChI=1S/C17H12Cl2F3NO2/c1-2-11-8-24-16(25-11)12-5-9(3-4-13(12)18)15-14(19)6-10(7-23-15)17(20,21)22/h2-7,11,16H,1,8H2. The first-order valence-electron chi connectivity index (χ1n) is 7.22. The summed E-state index contributed by atoms with van der Waals surface area (Å²) >= 11 is 12.2. The summed E-state index contributed by atoms with van der Waals surface area (Å²) in [5, 5.41) is 0.293. The molecule has 25 heavy (non-hydrogen) atoms. The molecule has 2 atom stereocenters. The van der Waals surface area contributed by atoms with Crippen LogP contribution in [0.5, 0.6) is 0 Å². The number of pyridine rings is 1. The number of ether oxygens (including phenoxy) is 2. The van der Waals surface area contributed by atoms with Crippen LogP contribution >= 0.6 is 23.2 Å². The van der Waals surface area contributed by atoms with Gasteiger partial charge in [-0.2, -0.15) is 13.2 Å². The number of alkyl halides is 3. The van der Waals surface area contributed by atoms with Crippen molar-refractivity contribution >= 4 is 23.2 Å². The summed E-state index contributed by atoms with van der Waals surface area (Å²) in [5.74, 6) is 0. The van der Waals surface area contributed by atoms with Crippen LogP contribution in [0.2, 0.25) is 10.0 Å². The molecule has 132 valence electrons. The molecule has 1 aromatic heterocycles. The fourth-order valence-electron chi connectivity index (χ4n) is 2.38. The fourth-order valence-corrected chi connectivity index (χ4v) is 2.87. The van der Waals surface area contributed by atoms with E-state index in [4.69, 9.17) is 32.7 Å². The van der Waals surface area contributed by atoms with Gasteiger partial charge in [0, 0.05) is 22.3 Å². The Balaban J connectivity index is 1.96. The lowest BCUT2D eigenvalue weighted by Gasteiger charge is -2.14.